The Morgan fingerprint density at radius 3 is 2.26 bits per heavy atom. The molecule has 1 aromatic rings. The third-order valence-corrected chi connectivity index (χ3v) is 4.52. The summed E-state index contributed by atoms with van der Waals surface area (Å²) in [6.07, 6.45) is 12.8. The van der Waals surface area contributed by atoms with Crippen LogP contribution in [0.3, 0.4) is 0 Å². The molecule has 3 nitrogen and oxygen atoms in total. The van der Waals surface area contributed by atoms with Gasteiger partial charge >= 0.3 is 0 Å². The maximum atomic E-state index is 6.23. The van der Waals surface area contributed by atoms with Gasteiger partial charge in [-0.2, -0.15) is 0 Å². The van der Waals surface area contributed by atoms with Crippen LogP contribution < -0.4 is 5.73 Å². The first-order valence-corrected chi connectivity index (χ1v) is 8.63. The number of hydrogen-bond acceptors (Lipinski definition) is 4. The Kier molecular flexibility index (Phi) is 9.01. The molecule has 0 aliphatic heterocycles. The van der Waals surface area contributed by atoms with Gasteiger partial charge in [-0.3, -0.25) is 0 Å². The van der Waals surface area contributed by atoms with Gasteiger partial charge in [0.25, 0.3) is 0 Å². The van der Waals surface area contributed by atoms with Gasteiger partial charge in [0.1, 0.15) is 0 Å². The lowest BCUT2D eigenvalue weighted by Crippen LogP contribution is -2.10. The van der Waals surface area contributed by atoms with Crippen molar-refractivity contribution < 1.29 is 0 Å². The number of aryl methyl sites for hydroxylation is 1. The zero-order valence-electron chi connectivity index (χ0n) is 12.5. The lowest BCUT2D eigenvalue weighted by atomic mass is 10.0. The Morgan fingerprint density at radius 1 is 1.00 bits per heavy atom. The van der Waals surface area contributed by atoms with Crippen LogP contribution in [0.15, 0.2) is 0 Å². The normalized spacial score (nSPS) is 12.8. The van der Waals surface area contributed by atoms with E-state index in [2.05, 4.69) is 23.4 Å². The summed E-state index contributed by atoms with van der Waals surface area (Å²) in [7, 11) is 0. The predicted octanol–water partition coefficient (Wildman–Crippen LogP) is 4.63. The van der Waals surface area contributed by atoms with Gasteiger partial charge in [0.15, 0.2) is 0 Å². The highest BCUT2D eigenvalue weighted by atomic mass is 32.1. The van der Waals surface area contributed by atoms with Crippen LogP contribution >= 0.6 is 11.5 Å². The number of aromatic nitrogens is 2. The van der Waals surface area contributed by atoms with E-state index in [0.717, 1.165) is 18.5 Å². The van der Waals surface area contributed by atoms with Crippen molar-refractivity contribution in [3.8, 4) is 0 Å². The maximum Gasteiger partial charge on any atom is 0.0800 e. The quantitative estimate of drug-likeness (QED) is 0.602. The van der Waals surface area contributed by atoms with E-state index >= 15 is 0 Å². The van der Waals surface area contributed by atoms with E-state index in [9.17, 15) is 0 Å². The van der Waals surface area contributed by atoms with Crippen molar-refractivity contribution in [2.24, 2.45) is 5.73 Å². The molecule has 4 heteroatoms. The number of nitrogens with zero attached hydrogens (tertiary/aromatic N) is 2. The Hall–Kier alpha value is -0.480. The molecule has 1 rings (SSSR count). The molecule has 0 spiro atoms. The van der Waals surface area contributed by atoms with Crippen LogP contribution in [0.25, 0.3) is 0 Å². The molecule has 0 bridgehead atoms. The Balaban J connectivity index is 2.06. The molecule has 19 heavy (non-hydrogen) atoms. The number of hydrogen-bond donors (Lipinski definition) is 1. The highest BCUT2D eigenvalue weighted by Gasteiger charge is 2.13. The average Bonchev–Trinajstić information content (AvgIpc) is 2.90. The van der Waals surface area contributed by atoms with Crippen molar-refractivity contribution >= 4 is 11.5 Å². The zero-order valence-corrected chi connectivity index (χ0v) is 13.3. The van der Waals surface area contributed by atoms with Crippen molar-refractivity contribution in [3.05, 3.63) is 10.6 Å². The third kappa shape index (κ3) is 6.48. The van der Waals surface area contributed by atoms with Crippen LogP contribution in [0.4, 0.5) is 0 Å². The molecule has 110 valence electrons. The van der Waals surface area contributed by atoms with Gasteiger partial charge in [-0.15, -0.1) is 5.10 Å². The molecule has 2 N–H and O–H groups in total. The molecular formula is C15H29N3S. The first-order chi connectivity index (χ1) is 9.29. The van der Waals surface area contributed by atoms with Crippen LogP contribution in [-0.2, 0) is 6.42 Å². The fourth-order valence-electron chi connectivity index (χ4n) is 2.37. The molecule has 0 amide bonds. The summed E-state index contributed by atoms with van der Waals surface area (Å²) in [5, 5.41) is 4.13. The molecule has 0 saturated carbocycles. The topological polar surface area (TPSA) is 51.8 Å². The summed E-state index contributed by atoms with van der Waals surface area (Å²) < 4.78 is 4.01. The van der Waals surface area contributed by atoms with Crippen LogP contribution in [0.2, 0.25) is 0 Å². The number of unbranched alkanes of at least 4 members (excludes halogenated alkanes) is 7. The van der Waals surface area contributed by atoms with E-state index in [-0.39, 0.29) is 6.04 Å². The number of nitrogens with two attached hydrogens (primary N) is 1. The third-order valence-electron chi connectivity index (χ3n) is 3.63. The first kappa shape index (κ1) is 16.6. The molecule has 1 aromatic heterocycles. The summed E-state index contributed by atoms with van der Waals surface area (Å²) in [5.41, 5.74) is 7.32. The lowest BCUT2D eigenvalue weighted by molar-refractivity contribution is 0.537. The van der Waals surface area contributed by atoms with E-state index in [1.165, 1.54) is 67.8 Å². The van der Waals surface area contributed by atoms with Crippen LogP contribution in [0.5, 0.6) is 0 Å². The molecule has 0 saturated heterocycles. The van der Waals surface area contributed by atoms with E-state index < -0.39 is 0 Å². The van der Waals surface area contributed by atoms with Crippen molar-refractivity contribution in [2.45, 2.75) is 84.1 Å². The van der Waals surface area contributed by atoms with Gasteiger partial charge in [-0.25, -0.2) is 0 Å². The fourth-order valence-corrected chi connectivity index (χ4v) is 3.14. The van der Waals surface area contributed by atoms with Crippen LogP contribution in [-0.4, -0.2) is 9.59 Å². The lowest BCUT2D eigenvalue weighted by Gasteiger charge is -2.09. The van der Waals surface area contributed by atoms with Gasteiger partial charge in [-0.1, -0.05) is 69.7 Å². The predicted molar refractivity (Wildman–Crippen MR) is 83.4 cm³/mol. The maximum absolute atomic E-state index is 6.23. The van der Waals surface area contributed by atoms with Gasteiger partial charge in [0, 0.05) is 6.04 Å². The molecule has 1 heterocycles. The van der Waals surface area contributed by atoms with E-state index in [1.807, 2.05) is 0 Å². The smallest absolute Gasteiger partial charge is 0.0800 e. The molecule has 0 aliphatic carbocycles. The second-order valence-electron chi connectivity index (χ2n) is 5.31. The second-order valence-corrected chi connectivity index (χ2v) is 6.09. The highest BCUT2D eigenvalue weighted by Crippen LogP contribution is 2.23. The zero-order chi connectivity index (χ0) is 13.9. The second kappa shape index (κ2) is 10.3. The van der Waals surface area contributed by atoms with Gasteiger partial charge in [0.2, 0.25) is 0 Å². The van der Waals surface area contributed by atoms with Gasteiger partial charge in [-0.05, 0) is 24.4 Å². The van der Waals surface area contributed by atoms with Crippen LogP contribution in [0, 0.1) is 0 Å². The monoisotopic (exact) mass is 283 g/mol. The van der Waals surface area contributed by atoms with Gasteiger partial charge in [0.05, 0.1) is 10.6 Å². The van der Waals surface area contributed by atoms with E-state index in [1.54, 1.807) is 0 Å². The average molecular weight is 283 g/mol. The van der Waals surface area contributed by atoms with Crippen molar-refractivity contribution in [3.63, 3.8) is 0 Å². The van der Waals surface area contributed by atoms with Gasteiger partial charge < -0.3 is 5.73 Å². The SMILES string of the molecule is CCCCCCCCCCC(N)c1snnc1CC. The summed E-state index contributed by atoms with van der Waals surface area (Å²) in [6.45, 7) is 4.38. The van der Waals surface area contributed by atoms with Crippen molar-refractivity contribution in [1.29, 1.82) is 0 Å². The molecule has 0 fully saturated rings. The van der Waals surface area contributed by atoms with Crippen LogP contribution in [0.1, 0.15) is 88.2 Å². The van der Waals surface area contributed by atoms with Crippen molar-refractivity contribution in [2.75, 3.05) is 0 Å². The molecular weight excluding hydrogens is 254 g/mol. The Labute approximate surface area is 122 Å². The molecule has 1 unspecified atom stereocenters. The number of rotatable bonds is 11. The summed E-state index contributed by atoms with van der Waals surface area (Å²) in [4.78, 5) is 1.20. The molecule has 0 aromatic carbocycles. The molecule has 0 radical (unpaired) electrons. The highest BCUT2D eigenvalue weighted by molar-refractivity contribution is 7.05. The minimum absolute atomic E-state index is 0.148. The summed E-state index contributed by atoms with van der Waals surface area (Å²) in [5.74, 6) is 0. The Morgan fingerprint density at radius 2 is 1.63 bits per heavy atom. The first-order valence-electron chi connectivity index (χ1n) is 7.86. The Bertz CT molecular complexity index is 325. The fraction of sp³-hybridized carbons (Fsp3) is 0.867. The van der Waals surface area contributed by atoms with E-state index in [4.69, 9.17) is 5.73 Å². The van der Waals surface area contributed by atoms with E-state index in [0.29, 0.717) is 0 Å². The molecule has 0 aliphatic rings. The minimum atomic E-state index is 0.148. The summed E-state index contributed by atoms with van der Waals surface area (Å²) >= 11 is 1.47. The van der Waals surface area contributed by atoms with Crippen molar-refractivity contribution in [1.82, 2.24) is 9.59 Å². The minimum Gasteiger partial charge on any atom is -0.323 e. The standard InChI is InChI=1S/C15H29N3S/c1-3-5-6-7-8-9-10-11-12-13(16)15-14(4-2)17-18-19-15/h13H,3-12,16H2,1-2H3. The molecule has 1 atom stereocenters. The largest absolute Gasteiger partial charge is 0.323 e. The summed E-state index contributed by atoms with van der Waals surface area (Å²) in [6, 6.07) is 0.148.